The maximum Gasteiger partial charge on any atom is 0.228 e. The molecule has 7 heteroatoms. The van der Waals surface area contributed by atoms with E-state index in [1.807, 2.05) is 36.2 Å². The predicted molar refractivity (Wildman–Crippen MR) is 120 cm³/mol. The smallest absolute Gasteiger partial charge is 0.228 e. The number of hydrogen-bond acceptors (Lipinski definition) is 6. The molecule has 0 unspecified atom stereocenters. The second-order valence-corrected chi connectivity index (χ2v) is 9.18. The lowest BCUT2D eigenvalue weighted by molar-refractivity contribution is -0.131. The van der Waals surface area contributed by atoms with E-state index in [2.05, 4.69) is 21.2 Å². The fraction of sp³-hybridized carbons (Fsp3) is 0.478. The molecule has 1 amide bonds. The summed E-state index contributed by atoms with van der Waals surface area (Å²) >= 11 is 1.58. The average Bonchev–Trinajstić information content (AvgIpc) is 3.20. The van der Waals surface area contributed by atoms with E-state index in [0.717, 1.165) is 71.0 Å². The number of nitrogens with zero attached hydrogens (tertiary/aromatic N) is 4. The molecule has 3 heterocycles. The van der Waals surface area contributed by atoms with Crippen LogP contribution in [-0.2, 0) is 16.0 Å². The molecule has 3 aromatic rings. The molecule has 0 bridgehead atoms. The summed E-state index contributed by atoms with van der Waals surface area (Å²) in [6.07, 6.45) is 6.69. The van der Waals surface area contributed by atoms with Gasteiger partial charge in [0, 0.05) is 44.0 Å². The number of carbonyl (C=O) groups is 1. The van der Waals surface area contributed by atoms with E-state index in [-0.39, 0.29) is 5.91 Å². The van der Waals surface area contributed by atoms with Gasteiger partial charge in [-0.2, -0.15) is 0 Å². The minimum atomic E-state index is 0.174. The normalized spacial score (nSPS) is 15.1. The summed E-state index contributed by atoms with van der Waals surface area (Å²) in [5.41, 5.74) is 1.87. The number of benzene rings is 1. The Hall–Kier alpha value is -2.38. The van der Waals surface area contributed by atoms with Gasteiger partial charge in [0.05, 0.1) is 12.1 Å². The topological polar surface area (TPSA) is 68.2 Å². The first kappa shape index (κ1) is 20.9. The summed E-state index contributed by atoms with van der Waals surface area (Å²) in [7, 11) is 1.75. The van der Waals surface area contributed by atoms with E-state index >= 15 is 0 Å². The molecular weight excluding hydrogens is 396 g/mol. The molecular formula is C23H28N4O2S. The van der Waals surface area contributed by atoms with Crippen molar-refractivity contribution in [2.75, 3.05) is 26.8 Å². The van der Waals surface area contributed by atoms with Gasteiger partial charge in [-0.05, 0) is 56.0 Å². The predicted octanol–water partition coefficient (Wildman–Crippen LogP) is 4.27. The first-order valence-corrected chi connectivity index (χ1v) is 11.4. The van der Waals surface area contributed by atoms with Crippen molar-refractivity contribution in [1.29, 1.82) is 0 Å². The Morgan fingerprint density at radius 2 is 2.03 bits per heavy atom. The van der Waals surface area contributed by atoms with Crippen LogP contribution in [0.15, 0.2) is 30.5 Å². The highest BCUT2D eigenvalue weighted by Gasteiger charge is 2.23. The zero-order chi connectivity index (χ0) is 20.9. The maximum absolute atomic E-state index is 12.8. The van der Waals surface area contributed by atoms with E-state index in [1.54, 1.807) is 18.4 Å². The highest BCUT2D eigenvalue weighted by molar-refractivity contribution is 7.14. The number of rotatable bonds is 7. The van der Waals surface area contributed by atoms with Crippen molar-refractivity contribution in [2.24, 2.45) is 5.92 Å². The van der Waals surface area contributed by atoms with Crippen molar-refractivity contribution in [2.45, 2.75) is 39.0 Å². The van der Waals surface area contributed by atoms with Gasteiger partial charge in [-0.3, -0.25) is 9.78 Å². The van der Waals surface area contributed by atoms with Crippen LogP contribution in [0, 0.1) is 12.8 Å². The van der Waals surface area contributed by atoms with Gasteiger partial charge >= 0.3 is 0 Å². The molecule has 30 heavy (non-hydrogen) atoms. The Labute approximate surface area is 181 Å². The van der Waals surface area contributed by atoms with Gasteiger partial charge in [0.25, 0.3) is 0 Å². The average molecular weight is 425 g/mol. The van der Waals surface area contributed by atoms with Crippen LogP contribution < -0.4 is 0 Å². The number of hydrogen-bond donors (Lipinski definition) is 0. The molecule has 0 aliphatic carbocycles. The van der Waals surface area contributed by atoms with Gasteiger partial charge in [-0.15, -0.1) is 10.2 Å². The van der Waals surface area contributed by atoms with Crippen LogP contribution in [0.2, 0.25) is 0 Å². The van der Waals surface area contributed by atoms with Gasteiger partial charge in [-0.1, -0.05) is 23.5 Å². The molecule has 0 saturated carbocycles. The number of pyridine rings is 1. The minimum absolute atomic E-state index is 0.174. The maximum atomic E-state index is 12.8. The van der Waals surface area contributed by atoms with E-state index < -0.39 is 0 Å². The Morgan fingerprint density at radius 1 is 1.20 bits per heavy atom. The zero-order valence-electron chi connectivity index (χ0n) is 17.6. The third kappa shape index (κ3) is 5.02. The number of methoxy groups -OCH3 is 1. The molecule has 6 nitrogen and oxygen atoms in total. The lowest BCUT2D eigenvalue weighted by Crippen LogP contribution is -2.39. The van der Waals surface area contributed by atoms with Crippen molar-refractivity contribution in [3.05, 3.63) is 41.2 Å². The number of ether oxygens (including phenoxy) is 1. The zero-order valence-corrected chi connectivity index (χ0v) is 18.5. The molecule has 158 valence electrons. The van der Waals surface area contributed by atoms with Gasteiger partial charge in [0.1, 0.15) is 10.0 Å². The molecule has 0 spiro atoms. The summed E-state index contributed by atoms with van der Waals surface area (Å²) in [5, 5.41) is 12.4. The second-order valence-electron chi connectivity index (χ2n) is 8.00. The fourth-order valence-corrected chi connectivity index (χ4v) is 4.77. The SMILES string of the molecule is COCCCC1CCN(C(=O)Cc2cc3cc(-c4nnc(C)s4)ccc3cn2)CC1. The molecule has 0 radical (unpaired) electrons. The van der Waals surface area contributed by atoms with Crippen LogP contribution in [0.1, 0.15) is 36.4 Å². The molecule has 1 aliphatic heterocycles. The van der Waals surface area contributed by atoms with Crippen molar-refractivity contribution in [3.8, 4) is 10.6 Å². The number of carbonyl (C=O) groups excluding carboxylic acids is 1. The van der Waals surface area contributed by atoms with Crippen LogP contribution in [0.4, 0.5) is 0 Å². The summed E-state index contributed by atoms with van der Waals surface area (Å²) in [4.78, 5) is 19.3. The number of aromatic nitrogens is 3. The highest BCUT2D eigenvalue weighted by atomic mass is 32.1. The Bertz CT molecular complexity index is 1010. The summed E-state index contributed by atoms with van der Waals surface area (Å²) in [5.74, 6) is 0.887. The van der Waals surface area contributed by atoms with E-state index in [1.165, 1.54) is 6.42 Å². The molecule has 0 atom stereocenters. The Morgan fingerprint density at radius 3 is 2.77 bits per heavy atom. The van der Waals surface area contributed by atoms with Crippen LogP contribution in [0.5, 0.6) is 0 Å². The Balaban J connectivity index is 1.39. The lowest BCUT2D eigenvalue weighted by atomic mass is 9.92. The second kappa shape index (κ2) is 9.62. The monoisotopic (exact) mass is 424 g/mol. The minimum Gasteiger partial charge on any atom is -0.385 e. The number of aryl methyl sites for hydroxylation is 1. The molecule has 1 saturated heterocycles. The number of likely N-dealkylation sites (tertiary alicyclic amines) is 1. The third-order valence-electron chi connectivity index (χ3n) is 5.81. The lowest BCUT2D eigenvalue weighted by Gasteiger charge is -2.32. The van der Waals surface area contributed by atoms with Crippen molar-refractivity contribution < 1.29 is 9.53 Å². The van der Waals surface area contributed by atoms with Gasteiger partial charge in [0.2, 0.25) is 5.91 Å². The quantitative estimate of drug-likeness (QED) is 0.530. The molecule has 1 aliphatic rings. The van der Waals surface area contributed by atoms with Crippen molar-refractivity contribution in [1.82, 2.24) is 20.1 Å². The molecule has 2 aromatic heterocycles. The van der Waals surface area contributed by atoms with Crippen LogP contribution >= 0.6 is 11.3 Å². The van der Waals surface area contributed by atoms with Gasteiger partial charge < -0.3 is 9.64 Å². The number of fused-ring (bicyclic) bond motifs is 1. The standard InChI is InChI=1S/C23H28N4O2S/c1-16-25-26-23(30-16)18-5-6-19-15-24-21(13-20(19)12-18)14-22(28)27-9-7-17(8-10-27)4-3-11-29-2/h5-6,12-13,15,17H,3-4,7-11,14H2,1-2H3. The number of piperidine rings is 1. The first-order chi connectivity index (χ1) is 14.6. The number of amides is 1. The molecule has 1 aromatic carbocycles. The molecule has 4 rings (SSSR count). The van der Waals surface area contributed by atoms with Crippen molar-refractivity contribution in [3.63, 3.8) is 0 Å². The van der Waals surface area contributed by atoms with Gasteiger partial charge in [-0.25, -0.2) is 0 Å². The van der Waals surface area contributed by atoms with E-state index in [9.17, 15) is 4.79 Å². The fourth-order valence-electron chi connectivity index (χ4n) is 4.08. The first-order valence-electron chi connectivity index (χ1n) is 10.6. The van der Waals surface area contributed by atoms with Gasteiger partial charge in [0.15, 0.2) is 0 Å². The molecule has 1 fully saturated rings. The van der Waals surface area contributed by atoms with Crippen LogP contribution in [0.25, 0.3) is 21.3 Å². The van der Waals surface area contributed by atoms with Crippen LogP contribution in [-0.4, -0.2) is 52.8 Å². The summed E-state index contributed by atoms with van der Waals surface area (Å²) in [6.45, 7) is 4.49. The largest absolute Gasteiger partial charge is 0.385 e. The van der Waals surface area contributed by atoms with Crippen molar-refractivity contribution >= 4 is 28.0 Å². The molecule has 0 N–H and O–H groups in total. The van der Waals surface area contributed by atoms with Crippen LogP contribution in [0.3, 0.4) is 0 Å². The Kier molecular flexibility index (Phi) is 6.69. The third-order valence-corrected chi connectivity index (χ3v) is 6.70. The highest BCUT2D eigenvalue weighted by Crippen LogP contribution is 2.27. The van der Waals surface area contributed by atoms with E-state index in [0.29, 0.717) is 12.3 Å². The summed E-state index contributed by atoms with van der Waals surface area (Å²) in [6, 6.07) is 8.23. The summed E-state index contributed by atoms with van der Waals surface area (Å²) < 4.78 is 5.15. The van der Waals surface area contributed by atoms with E-state index in [4.69, 9.17) is 4.74 Å².